The summed E-state index contributed by atoms with van der Waals surface area (Å²) in [5, 5.41) is 17.5. The molecule has 0 aliphatic heterocycles. The van der Waals surface area contributed by atoms with Crippen molar-refractivity contribution in [3.63, 3.8) is 0 Å². The lowest BCUT2D eigenvalue weighted by molar-refractivity contribution is -0.127. The minimum absolute atomic E-state index is 0.116. The maximum absolute atomic E-state index is 12.7. The van der Waals surface area contributed by atoms with Gasteiger partial charge < -0.3 is 9.32 Å². The summed E-state index contributed by atoms with van der Waals surface area (Å²) in [5.41, 5.74) is 2.10. The van der Waals surface area contributed by atoms with Crippen molar-refractivity contribution in [2.75, 3.05) is 0 Å². The van der Waals surface area contributed by atoms with Gasteiger partial charge in [0, 0.05) is 12.1 Å². The minimum atomic E-state index is -0.116. The van der Waals surface area contributed by atoms with Gasteiger partial charge in [0.1, 0.15) is 0 Å². The van der Waals surface area contributed by atoms with Gasteiger partial charge in [-0.05, 0) is 48.7 Å². The van der Waals surface area contributed by atoms with Gasteiger partial charge in [0.25, 0.3) is 0 Å². The Morgan fingerprint density at radius 1 is 1.21 bits per heavy atom. The molecule has 0 atom stereocenters. The number of aromatic nitrogens is 2. The number of amides is 1. The Morgan fingerprint density at radius 2 is 1.97 bits per heavy atom. The van der Waals surface area contributed by atoms with Crippen LogP contribution in [0.3, 0.4) is 0 Å². The topological polar surface area (TPSA) is 83.0 Å². The van der Waals surface area contributed by atoms with Crippen molar-refractivity contribution in [2.24, 2.45) is 0 Å². The zero-order chi connectivity index (χ0) is 20.2. The second-order valence-electron chi connectivity index (χ2n) is 6.75. The fourth-order valence-corrected chi connectivity index (χ4v) is 3.13. The van der Waals surface area contributed by atoms with Gasteiger partial charge in [-0.15, -0.1) is 10.2 Å². The molecule has 1 saturated carbocycles. The number of nitriles is 1. The standard InChI is InChI=1S/C22H17ClN4O2/c23-19-4-2-1-3-18(19)22-26-25-20(29-22)14-27(17-10-11-17)21(28)12-9-15-5-7-16(13-24)8-6-15/h1-9,12,17H,10-11,14H2/b12-9+. The third kappa shape index (κ3) is 4.53. The van der Waals surface area contributed by atoms with Crippen LogP contribution in [0.4, 0.5) is 0 Å². The van der Waals surface area contributed by atoms with Crippen molar-refractivity contribution in [3.05, 3.63) is 76.6 Å². The fourth-order valence-electron chi connectivity index (χ4n) is 2.91. The SMILES string of the molecule is N#Cc1ccc(/C=C/C(=O)N(Cc2nnc(-c3ccccc3Cl)o2)C2CC2)cc1. The average Bonchev–Trinajstić information content (AvgIpc) is 3.49. The van der Waals surface area contributed by atoms with Crippen molar-refractivity contribution in [3.8, 4) is 17.5 Å². The molecule has 6 nitrogen and oxygen atoms in total. The molecule has 4 rings (SSSR count). The Kier molecular flexibility index (Phi) is 5.41. The molecule has 1 aliphatic rings. The summed E-state index contributed by atoms with van der Waals surface area (Å²) in [7, 11) is 0. The molecule has 1 aromatic heterocycles. The zero-order valence-electron chi connectivity index (χ0n) is 15.5. The monoisotopic (exact) mass is 404 g/mol. The third-order valence-corrected chi connectivity index (χ3v) is 4.94. The number of hydrogen-bond donors (Lipinski definition) is 0. The molecule has 1 aliphatic carbocycles. The molecule has 1 fully saturated rings. The Bertz CT molecular complexity index is 1090. The number of rotatable bonds is 6. The molecular formula is C22H17ClN4O2. The van der Waals surface area contributed by atoms with Crippen molar-refractivity contribution >= 4 is 23.6 Å². The van der Waals surface area contributed by atoms with E-state index in [2.05, 4.69) is 16.3 Å². The van der Waals surface area contributed by atoms with Crippen LogP contribution in [0.1, 0.15) is 29.9 Å². The molecule has 0 radical (unpaired) electrons. The number of nitrogens with zero attached hydrogens (tertiary/aromatic N) is 4. The molecule has 29 heavy (non-hydrogen) atoms. The lowest BCUT2D eigenvalue weighted by atomic mass is 10.1. The van der Waals surface area contributed by atoms with E-state index < -0.39 is 0 Å². The first-order valence-corrected chi connectivity index (χ1v) is 9.58. The largest absolute Gasteiger partial charge is 0.419 e. The van der Waals surface area contributed by atoms with E-state index in [-0.39, 0.29) is 18.5 Å². The Balaban J connectivity index is 1.47. The maximum Gasteiger partial charge on any atom is 0.249 e. The number of benzene rings is 2. The van der Waals surface area contributed by atoms with E-state index in [1.165, 1.54) is 6.08 Å². The van der Waals surface area contributed by atoms with Crippen molar-refractivity contribution in [2.45, 2.75) is 25.4 Å². The second-order valence-corrected chi connectivity index (χ2v) is 7.15. The van der Waals surface area contributed by atoms with Crippen LogP contribution in [0.15, 0.2) is 59.0 Å². The highest BCUT2D eigenvalue weighted by Gasteiger charge is 2.32. The third-order valence-electron chi connectivity index (χ3n) is 4.61. The highest BCUT2D eigenvalue weighted by Crippen LogP contribution is 2.30. The molecule has 0 N–H and O–H groups in total. The number of carbonyl (C=O) groups is 1. The predicted molar refractivity (Wildman–Crippen MR) is 109 cm³/mol. The van der Waals surface area contributed by atoms with Gasteiger partial charge in [-0.25, -0.2) is 0 Å². The highest BCUT2D eigenvalue weighted by atomic mass is 35.5. The van der Waals surface area contributed by atoms with Crippen LogP contribution in [0.25, 0.3) is 17.5 Å². The van der Waals surface area contributed by atoms with E-state index in [0.717, 1.165) is 18.4 Å². The average molecular weight is 405 g/mol. The zero-order valence-corrected chi connectivity index (χ0v) is 16.2. The fraction of sp³-hybridized carbons (Fsp3) is 0.182. The van der Waals surface area contributed by atoms with Gasteiger partial charge in [-0.1, -0.05) is 35.9 Å². The van der Waals surface area contributed by atoms with Gasteiger partial charge in [-0.2, -0.15) is 5.26 Å². The smallest absolute Gasteiger partial charge is 0.249 e. The van der Waals surface area contributed by atoms with Crippen LogP contribution >= 0.6 is 11.6 Å². The summed E-state index contributed by atoms with van der Waals surface area (Å²) in [6.07, 6.45) is 5.19. The number of hydrogen-bond acceptors (Lipinski definition) is 5. The molecule has 144 valence electrons. The quantitative estimate of drug-likeness (QED) is 0.566. The molecule has 1 amide bonds. The summed E-state index contributed by atoms with van der Waals surface area (Å²) in [5.74, 6) is 0.586. The van der Waals surface area contributed by atoms with Crippen molar-refractivity contribution in [1.29, 1.82) is 5.26 Å². The molecule has 0 spiro atoms. The van der Waals surface area contributed by atoms with E-state index in [4.69, 9.17) is 21.3 Å². The van der Waals surface area contributed by atoms with E-state index >= 15 is 0 Å². The molecular weight excluding hydrogens is 388 g/mol. The van der Waals surface area contributed by atoms with Crippen LogP contribution in [-0.2, 0) is 11.3 Å². The number of carbonyl (C=O) groups excluding carboxylic acids is 1. The summed E-state index contributed by atoms with van der Waals surface area (Å²) >= 11 is 6.18. The highest BCUT2D eigenvalue weighted by molar-refractivity contribution is 6.33. The molecule has 0 saturated heterocycles. The first-order chi connectivity index (χ1) is 14.1. The lowest BCUT2D eigenvalue weighted by Gasteiger charge is -2.18. The first kappa shape index (κ1) is 18.9. The van der Waals surface area contributed by atoms with E-state index in [1.807, 2.05) is 18.2 Å². The number of halogens is 1. The Hall–Kier alpha value is -3.43. The van der Waals surface area contributed by atoms with Crippen molar-refractivity contribution < 1.29 is 9.21 Å². The van der Waals surface area contributed by atoms with Crippen LogP contribution in [0.5, 0.6) is 0 Å². The Labute approximate surface area is 173 Å². The first-order valence-electron chi connectivity index (χ1n) is 9.20. The van der Waals surface area contributed by atoms with Crippen LogP contribution in [-0.4, -0.2) is 27.0 Å². The van der Waals surface area contributed by atoms with E-state index in [9.17, 15) is 4.79 Å². The second kappa shape index (κ2) is 8.29. The maximum atomic E-state index is 12.7. The molecule has 7 heteroatoms. The van der Waals surface area contributed by atoms with Crippen LogP contribution < -0.4 is 0 Å². The van der Waals surface area contributed by atoms with Gasteiger partial charge >= 0.3 is 0 Å². The predicted octanol–water partition coefficient (Wildman–Crippen LogP) is 4.47. The van der Waals surface area contributed by atoms with Crippen LogP contribution in [0.2, 0.25) is 5.02 Å². The van der Waals surface area contributed by atoms with Gasteiger partial charge in [0.2, 0.25) is 17.7 Å². The Morgan fingerprint density at radius 3 is 2.66 bits per heavy atom. The minimum Gasteiger partial charge on any atom is -0.419 e. The molecule has 3 aromatic rings. The van der Waals surface area contributed by atoms with Gasteiger partial charge in [-0.3, -0.25) is 4.79 Å². The van der Waals surface area contributed by atoms with Crippen molar-refractivity contribution in [1.82, 2.24) is 15.1 Å². The molecule has 0 bridgehead atoms. The summed E-state index contributed by atoms with van der Waals surface area (Å²) in [6.45, 7) is 0.249. The van der Waals surface area contributed by atoms with E-state index in [1.54, 1.807) is 41.3 Å². The summed E-state index contributed by atoms with van der Waals surface area (Å²) < 4.78 is 5.74. The molecule has 1 heterocycles. The normalized spacial score (nSPS) is 13.4. The van der Waals surface area contributed by atoms with Crippen LogP contribution in [0, 0.1) is 11.3 Å². The molecule has 0 unspecified atom stereocenters. The summed E-state index contributed by atoms with van der Waals surface area (Å²) in [4.78, 5) is 14.5. The van der Waals surface area contributed by atoms with E-state index in [0.29, 0.717) is 27.9 Å². The lowest BCUT2D eigenvalue weighted by Crippen LogP contribution is -2.31. The molecule has 2 aromatic carbocycles. The van der Waals surface area contributed by atoms with Gasteiger partial charge in [0.15, 0.2) is 0 Å². The summed E-state index contributed by atoms with van der Waals surface area (Å²) in [6, 6.07) is 16.5. The van der Waals surface area contributed by atoms with Gasteiger partial charge in [0.05, 0.1) is 28.8 Å².